The lowest BCUT2D eigenvalue weighted by Gasteiger charge is -2.33. The number of likely N-dealkylation sites (N-methyl/N-ethyl adjacent to an activating group) is 1. The van der Waals surface area contributed by atoms with Crippen LogP contribution in [0, 0.1) is 5.92 Å². The van der Waals surface area contributed by atoms with Crippen LogP contribution in [-0.4, -0.2) is 23.9 Å². The zero-order valence-electron chi connectivity index (χ0n) is 11.4. The van der Waals surface area contributed by atoms with E-state index in [9.17, 15) is 4.79 Å². The highest BCUT2D eigenvalue weighted by atomic mass is 35.5. The molecule has 0 saturated carbocycles. The van der Waals surface area contributed by atoms with Crippen LogP contribution in [0.1, 0.15) is 32.4 Å². The second kappa shape index (κ2) is 6.21. The van der Waals surface area contributed by atoms with Gasteiger partial charge in [0, 0.05) is 12.1 Å². The zero-order chi connectivity index (χ0) is 13.9. The number of amides is 1. The molecule has 0 aliphatic carbocycles. The summed E-state index contributed by atoms with van der Waals surface area (Å²) in [4.78, 5) is 13.7. The first-order valence-electron chi connectivity index (χ1n) is 6.13. The number of hydrogen-bond donors (Lipinski definition) is 1. The van der Waals surface area contributed by atoms with Crippen molar-refractivity contribution in [1.82, 2.24) is 4.90 Å². The van der Waals surface area contributed by atoms with Crippen LogP contribution in [0.4, 0.5) is 0 Å². The minimum Gasteiger partial charge on any atom is -0.337 e. The Morgan fingerprint density at radius 3 is 2.28 bits per heavy atom. The first-order valence-corrected chi connectivity index (χ1v) is 6.50. The largest absolute Gasteiger partial charge is 0.337 e. The maximum absolute atomic E-state index is 12.0. The molecule has 0 unspecified atom stereocenters. The first kappa shape index (κ1) is 15.0. The van der Waals surface area contributed by atoms with E-state index < -0.39 is 6.04 Å². The fourth-order valence-electron chi connectivity index (χ4n) is 2.19. The molecule has 0 aliphatic heterocycles. The molecule has 3 nitrogen and oxygen atoms in total. The summed E-state index contributed by atoms with van der Waals surface area (Å²) >= 11 is 6.22. The van der Waals surface area contributed by atoms with E-state index in [1.165, 1.54) is 0 Å². The lowest BCUT2D eigenvalue weighted by atomic mass is 9.94. The summed E-state index contributed by atoms with van der Waals surface area (Å²) in [6.45, 7) is 5.83. The van der Waals surface area contributed by atoms with Gasteiger partial charge in [-0.25, -0.2) is 0 Å². The summed E-state index contributed by atoms with van der Waals surface area (Å²) in [6.07, 6.45) is 0. The fraction of sp³-hybridized carbons (Fsp3) is 0.500. The van der Waals surface area contributed by atoms with Gasteiger partial charge in [-0.15, -0.1) is 0 Å². The molecule has 18 heavy (non-hydrogen) atoms. The van der Waals surface area contributed by atoms with Gasteiger partial charge in [0.1, 0.15) is 0 Å². The number of halogens is 1. The van der Waals surface area contributed by atoms with E-state index in [0.717, 1.165) is 5.56 Å². The van der Waals surface area contributed by atoms with Gasteiger partial charge in [0.15, 0.2) is 0 Å². The standard InChI is InChI=1S/C14H21ClN2O/c1-9(2)13(17(4)14(18)10(3)16)11-7-5-6-8-12(11)15/h5-10,13H,16H2,1-4H3/t10-,13+/m1/s1. The molecule has 1 rings (SSSR count). The Morgan fingerprint density at radius 1 is 1.28 bits per heavy atom. The Bertz CT molecular complexity index is 418. The number of carbonyl (C=O) groups excluding carboxylic acids is 1. The summed E-state index contributed by atoms with van der Waals surface area (Å²) in [5.74, 6) is 0.186. The highest BCUT2D eigenvalue weighted by Crippen LogP contribution is 2.32. The quantitative estimate of drug-likeness (QED) is 0.913. The molecular formula is C14H21ClN2O. The van der Waals surface area contributed by atoms with Crippen molar-refractivity contribution in [2.24, 2.45) is 11.7 Å². The molecule has 0 bridgehead atoms. The van der Waals surface area contributed by atoms with Crippen molar-refractivity contribution in [3.8, 4) is 0 Å². The van der Waals surface area contributed by atoms with Gasteiger partial charge in [0.25, 0.3) is 0 Å². The van der Waals surface area contributed by atoms with Crippen LogP contribution in [0.3, 0.4) is 0 Å². The molecule has 4 heteroatoms. The van der Waals surface area contributed by atoms with Gasteiger partial charge in [-0.1, -0.05) is 43.6 Å². The molecule has 0 aliphatic rings. The lowest BCUT2D eigenvalue weighted by Crippen LogP contribution is -2.43. The van der Waals surface area contributed by atoms with Crippen molar-refractivity contribution in [3.05, 3.63) is 34.9 Å². The van der Waals surface area contributed by atoms with E-state index in [2.05, 4.69) is 13.8 Å². The molecule has 1 aromatic rings. The number of nitrogens with zero attached hydrogens (tertiary/aromatic N) is 1. The van der Waals surface area contributed by atoms with Gasteiger partial charge < -0.3 is 10.6 Å². The summed E-state index contributed by atoms with van der Waals surface area (Å²) in [5.41, 5.74) is 6.63. The number of benzene rings is 1. The van der Waals surface area contributed by atoms with Crippen LogP contribution in [-0.2, 0) is 4.79 Å². The molecule has 2 N–H and O–H groups in total. The van der Waals surface area contributed by atoms with E-state index in [1.54, 1.807) is 18.9 Å². The molecule has 0 spiro atoms. The van der Waals surface area contributed by atoms with Crippen molar-refractivity contribution in [1.29, 1.82) is 0 Å². The summed E-state index contributed by atoms with van der Waals surface area (Å²) in [5, 5.41) is 0.681. The van der Waals surface area contributed by atoms with Gasteiger partial charge in [-0.2, -0.15) is 0 Å². The SMILES string of the molecule is CC(C)[C@@H](c1ccccc1Cl)N(C)C(=O)[C@@H](C)N. The van der Waals surface area contributed by atoms with Crippen LogP contribution in [0.15, 0.2) is 24.3 Å². The van der Waals surface area contributed by atoms with Crippen molar-refractivity contribution in [2.45, 2.75) is 32.9 Å². The van der Waals surface area contributed by atoms with Crippen LogP contribution in [0.5, 0.6) is 0 Å². The third-order valence-corrected chi connectivity index (χ3v) is 3.35. The predicted molar refractivity (Wildman–Crippen MR) is 75.5 cm³/mol. The topological polar surface area (TPSA) is 46.3 Å². The molecule has 0 radical (unpaired) electrons. The lowest BCUT2D eigenvalue weighted by molar-refractivity contribution is -0.134. The maximum atomic E-state index is 12.0. The van der Waals surface area contributed by atoms with Gasteiger partial charge in [0.2, 0.25) is 5.91 Å². The Balaban J connectivity index is 3.12. The van der Waals surface area contributed by atoms with Crippen molar-refractivity contribution < 1.29 is 4.79 Å². The molecule has 0 heterocycles. The van der Waals surface area contributed by atoms with E-state index in [0.29, 0.717) is 5.02 Å². The van der Waals surface area contributed by atoms with Gasteiger partial charge in [0.05, 0.1) is 12.1 Å². The summed E-state index contributed by atoms with van der Waals surface area (Å²) in [6, 6.07) is 7.06. The molecule has 0 aromatic heterocycles. The van der Waals surface area contributed by atoms with Gasteiger partial charge >= 0.3 is 0 Å². The Labute approximate surface area is 114 Å². The second-order valence-electron chi connectivity index (χ2n) is 4.95. The van der Waals surface area contributed by atoms with E-state index >= 15 is 0 Å². The van der Waals surface area contributed by atoms with E-state index in [1.807, 2.05) is 24.3 Å². The highest BCUT2D eigenvalue weighted by molar-refractivity contribution is 6.31. The predicted octanol–water partition coefficient (Wildman–Crippen LogP) is 2.84. The summed E-state index contributed by atoms with van der Waals surface area (Å²) < 4.78 is 0. The molecule has 100 valence electrons. The average Bonchev–Trinajstić information content (AvgIpc) is 2.30. The number of nitrogens with two attached hydrogens (primary N) is 1. The minimum atomic E-state index is -0.501. The molecule has 0 saturated heterocycles. The van der Waals surface area contributed by atoms with Crippen LogP contribution < -0.4 is 5.73 Å². The van der Waals surface area contributed by atoms with Crippen molar-refractivity contribution in [2.75, 3.05) is 7.05 Å². The first-order chi connectivity index (χ1) is 8.36. The van der Waals surface area contributed by atoms with Crippen LogP contribution >= 0.6 is 11.6 Å². The van der Waals surface area contributed by atoms with Crippen LogP contribution in [0.25, 0.3) is 0 Å². The third kappa shape index (κ3) is 3.24. The normalized spacial score (nSPS) is 14.4. The Morgan fingerprint density at radius 2 is 1.83 bits per heavy atom. The van der Waals surface area contributed by atoms with Crippen molar-refractivity contribution >= 4 is 17.5 Å². The molecule has 0 fully saturated rings. The molecule has 1 aromatic carbocycles. The minimum absolute atomic E-state index is 0.0581. The number of hydrogen-bond acceptors (Lipinski definition) is 2. The molecule has 2 atom stereocenters. The fourth-order valence-corrected chi connectivity index (χ4v) is 2.44. The number of carbonyl (C=O) groups is 1. The Kier molecular flexibility index (Phi) is 5.17. The summed E-state index contributed by atoms with van der Waals surface area (Å²) in [7, 11) is 1.78. The average molecular weight is 269 g/mol. The molecule has 1 amide bonds. The zero-order valence-corrected chi connectivity index (χ0v) is 12.1. The maximum Gasteiger partial charge on any atom is 0.239 e. The van der Waals surface area contributed by atoms with E-state index in [-0.39, 0.29) is 17.9 Å². The van der Waals surface area contributed by atoms with Gasteiger partial charge in [-0.3, -0.25) is 4.79 Å². The monoisotopic (exact) mass is 268 g/mol. The number of rotatable bonds is 4. The Hall–Kier alpha value is -1.06. The third-order valence-electron chi connectivity index (χ3n) is 3.01. The van der Waals surface area contributed by atoms with Gasteiger partial charge in [-0.05, 0) is 24.5 Å². The van der Waals surface area contributed by atoms with Crippen LogP contribution in [0.2, 0.25) is 5.02 Å². The highest BCUT2D eigenvalue weighted by Gasteiger charge is 2.27. The molecular weight excluding hydrogens is 248 g/mol. The van der Waals surface area contributed by atoms with Crippen molar-refractivity contribution in [3.63, 3.8) is 0 Å². The van der Waals surface area contributed by atoms with E-state index in [4.69, 9.17) is 17.3 Å². The smallest absolute Gasteiger partial charge is 0.239 e. The second-order valence-corrected chi connectivity index (χ2v) is 5.36.